The molecule has 0 spiro atoms. The van der Waals surface area contributed by atoms with Gasteiger partial charge >= 0.3 is 0 Å². The summed E-state index contributed by atoms with van der Waals surface area (Å²) in [7, 11) is 3.46. The van der Waals surface area contributed by atoms with Gasteiger partial charge in [0.15, 0.2) is 0 Å². The zero-order valence-electron chi connectivity index (χ0n) is 11.8. The normalized spacial score (nSPS) is 25.2. The molecule has 21 heavy (non-hydrogen) atoms. The molecule has 3 atom stereocenters. The number of hydrazine groups is 1. The lowest BCUT2D eigenvalue weighted by molar-refractivity contribution is 0.320. The molecular formula is C13H18N6O2. The van der Waals surface area contributed by atoms with Gasteiger partial charge in [-0.25, -0.2) is 10.9 Å². The van der Waals surface area contributed by atoms with Crippen LogP contribution in [0.25, 0.3) is 11.4 Å². The van der Waals surface area contributed by atoms with E-state index in [-0.39, 0.29) is 18.2 Å². The van der Waals surface area contributed by atoms with Crippen LogP contribution in [-0.4, -0.2) is 36.6 Å². The maximum Gasteiger partial charge on any atom is 0.236 e. The smallest absolute Gasteiger partial charge is 0.236 e. The summed E-state index contributed by atoms with van der Waals surface area (Å²) in [6, 6.07) is 7.47. The second-order valence-electron chi connectivity index (χ2n) is 4.79. The number of aromatic nitrogens is 2. The van der Waals surface area contributed by atoms with Crippen LogP contribution in [0, 0.1) is 0 Å². The van der Waals surface area contributed by atoms with Crippen LogP contribution >= 0.6 is 0 Å². The van der Waals surface area contributed by atoms with E-state index in [0.29, 0.717) is 11.7 Å². The fourth-order valence-electron chi connectivity index (χ4n) is 2.35. The Labute approximate surface area is 122 Å². The van der Waals surface area contributed by atoms with Crippen molar-refractivity contribution in [3.63, 3.8) is 0 Å². The lowest BCUT2D eigenvalue weighted by Gasteiger charge is -2.15. The van der Waals surface area contributed by atoms with Crippen LogP contribution in [0.2, 0.25) is 0 Å². The monoisotopic (exact) mass is 290 g/mol. The highest BCUT2D eigenvalue weighted by Crippen LogP contribution is 2.25. The van der Waals surface area contributed by atoms with Gasteiger partial charge in [0.1, 0.15) is 5.75 Å². The summed E-state index contributed by atoms with van der Waals surface area (Å²) in [6.45, 7) is 0. The van der Waals surface area contributed by atoms with E-state index in [9.17, 15) is 0 Å². The van der Waals surface area contributed by atoms with E-state index in [0.717, 1.165) is 11.3 Å². The molecule has 0 amide bonds. The first kappa shape index (κ1) is 14.0. The van der Waals surface area contributed by atoms with Gasteiger partial charge in [-0.2, -0.15) is 4.98 Å². The van der Waals surface area contributed by atoms with Crippen molar-refractivity contribution in [3.8, 4) is 17.1 Å². The van der Waals surface area contributed by atoms with Gasteiger partial charge in [-0.3, -0.25) is 0 Å². The first-order valence-electron chi connectivity index (χ1n) is 6.65. The molecule has 0 radical (unpaired) electrons. The predicted molar refractivity (Wildman–Crippen MR) is 76.1 cm³/mol. The van der Waals surface area contributed by atoms with Crippen molar-refractivity contribution < 1.29 is 9.26 Å². The van der Waals surface area contributed by atoms with Crippen molar-refractivity contribution >= 4 is 0 Å². The first-order valence-corrected chi connectivity index (χ1v) is 6.65. The number of likely N-dealkylation sites (N-methyl/N-ethyl adjacent to an activating group) is 1. The third-order valence-electron chi connectivity index (χ3n) is 3.54. The average Bonchev–Trinajstić information content (AvgIpc) is 3.13. The number of rotatable bonds is 4. The van der Waals surface area contributed by atoms with Crippen molar-refractivity contribution in [2.45, 2.75) is 18.2 Å². The Kier molecular flexibility index (Phi) is 3.84. The number of nitrogens with zero attached hydrogens (tertiary/aromatic N) is 2. The largest absolute Gasteiger partial charge is 0.497 e. The van der Waals surface area contributed by atoms with Gasteiger partial charge in [0.2, 0.25) is 11.7 Å². The second kappa shape index (κ2) is 5.78. The maximum absolute atomic E-state index is 6.00. The molecule has 3 unspecified atom stereocenters. The topological polar surface area (TPSA) is 110 Å². The zero-order chi connectivity index (χ0) is 14.8. The fraction of sp³-hybridized carbons (Fsp3) is 0.385. The Morgan fingerprint density at radius 1 is 1.29 bits per heavy atom. The standard InChI is InChI=1S/C13H18N6O2/c1-15-12-9(10(14)17-18-12)13-16-11(19-21-13)7-3-5-8(20-2)6-4-7/h3-6,9-10,12,15,17-18H,14H2,1-2H3. The molecule has 112 valence electrons. The Morgan fingerprint density at radius 2 is 2.05 bits per heavy atom. The van der Waals surface area contributed by atoms with Crippen LogP contribution in [0.15, 0.2) is 28.8 Å². The van der Waals surface area contributed by atoms with Gasteiger partial charge in [-0.05, 0) is 31.3 Å². The van der Waals surface area contributed by atoms with Crippen molar-refractivity contribution in [1.29, 1.82) is 0 Å². The van der Waals surface area contributed by atoms with Crippen molar-refractivity contribution in [2.24, 2.45) is 5.73 Å². The van der Waals surface area contributed by atoms with Crippen LogP contribution in [-0.2, 0) is 0 Å². The van der Waals surface area contributed by atoms with E-state index < -0.39 is 0 Å². The molecule has 0 bridgehead atoms. The van der Waals surface area contributed by atoms with E-state index in [1.165, 1.54) is 0 Å². The minimum Gasteiger partial charge on any atom is -0.497 e. The third kappa shape index (κ3) is 2.61. The molecule has 1 aliphatic rings. The van der Waals surface area contributed by atoms with E-state index in [1.54, 1.807) is 7.11 Å². The summed E-state index contributed by atoms with van der Waals surface area (Å²) in [4.78, 5) is 4.45. The molecule has 1 aromatic carbocycles. The van der Waals surface area contributed by atoms with Gasteiger partial charge in [-0.1, -0.05) is 5.16 Å². The first-order chi connectivity index (χ1) is 10.2. The molecule has 0 saturated carbocycles. The summed E-state index contributed by atoms with van der Waals surface area (Å²) in [5, 5.41) is 7.13. The van der Waals surface area contributed by atoms with E-state index in [1.807, 2.05) is 31.3 Å². The Balaban J connectivity index is 1.85. The van der Waals surface area contributed by atoms with Gasteiger partial charge < -0.3 is 20.3 Å². The van der Waals surface area contributed by atoms with Crippen LogP contribution in [0.4, 0.5) is 0 Å². The summed E-state index contributed by atoms with van der Waals surface area (Å²) in [6.07, 6.45) is -0.365. The molecule has 5 N–H and O–H groups in total. The average molecular weight is 290 g/mol. The summed E-state index contributed by atoms with van der Waals surface area (Å²) < 4.78 is 10.5. The molecule has 1 saturated heterocycles. The number of nitrogens with two attached hydrogens (primary N) is 1. The molecule has 0 aliphatic carbocycles. The summed E-state index contributed by atoms with van der Waals surface area (Å²) in [5.74, 6) is 1.66. The Hall–Kier alpha value is -2.00. The van der Waals surface area contributed by atoms with Crippen LogP contribution in [0.1, 0.15) is 11.8 Å². The van der Waals surface area contributed by atoms with Gasteiger partial charge in [-0.15, -0.1) is 0 Å². The fourth-order valence-corrected chi connectivity index (χ4v) is 2.35. The zero-order valence-corrected chi connectivity index (χ0v) is 11.8. The van der Waals surface area contributed by atoms with Crippen molar-refractivity contribution in [2.75, 3.05) is 14.2 Å². The number of hydrogen-bond acceptors (Lipinski definition) is 8. The third-order valence-corrected chi connectivity index (χ3v) is 3.54. The van der Waals surface area contributed by atoms with Gasteiger partial charge in [0, 0.05) is 5.56 Å². The molecule has 1 aliphatic heterocycles. The quantitative estimate of drug-likeness (QED) is 0.611. The minimum atomic E-state index is -0.299. The number of ether oxygens (including phenoxy) is 1. The lowest BCUT2D eigenvalue weighted by Crippen LogP contribution is -2.41. The van der Waals surface area contributed by atoms with Crippen LogP contribution in [0.5, 0.6) is 5.75 Å². The Bertz CT molecular complexity index is 599. The highest BCUT2D eigenvalue weighted by Gasteiger charge is 2.38. The molecule has 3 rings (SSSR count). The molecule has 2 heterocycles. The van der Waals surface area contributed by atoms with E-state index >= 15 is 0 Å². The number of hydrogen-bond donors (Lipinski definition) is 4. The minimum absolute atomic E-state index is 0.0656. The Morgan fingerprint density at radius 3 is 2.71 bits per heavy atom. The van der Waals surface area contributed by atoms with Crippen molar-refractivity contribution in [1.82, 2.24) is 26.3 Å². The maximum atomic E-state index is 6.00. The van der Waals surface area contributed by atoms with E-state index in [4.69, 9.17) is 15.0 Å². The highest BCUT2D eigenvalue weighted by atomic mass is 16.5. The molecule has 1 aromatic heterocycles. The van der Waals surface area contributed by atoms with E-state index in [2.05, 4.69) is 26.3 Å². The molecular weight excluding hydrogens is 272 g/mol. The van der Waals surface area contributed by atoms with Crippen molar-refractivity contribution in [3.05, 3.63) is 30.2 Å². The number of benzene rings is 1. The lowest BCUT2D eigenvalue weighted by atomic mass is 10.1. The molecule has 8 heteroatoms. The van der Waals surface area contributed by atoms with Crippen LogP contribution in [0.3, 0.4) is 0 Å². The molecule has 2 aromatic rings. The van der Waals surface area contributed by atoms with Gasteiger partial charge in [0.25, 0.3) is 0 Å². The summed E-state index contributed by atoms with van der Waals surface area (Å²) in [5.41, 5.74) is 12.9. The molecule has 1 fully saturated rings. The van der Waals surface area contributed by atoms with Crippen LogP contribution < -0.4 is 26.6 Å². The summed E-state index contributed by atoms with van der Waals surface area (Å²) >= 11 is 0. The predicted octanol–water partition coefficient (Wildman–Crippen LogP) is -0.233. The SMILES string of the molecule is CNC1NNC(N)C1c1nc(-c2ccc(OC)cc2)no1. The molecule has 8 nitrogen and oxygen atoms in total. The van der Waals surface area contributed by atoms with Gasteiger partial charge in [0.05, 0.1) is 25.4 Å². The second-order valence-corrected chi connectivity index (χ2v) is 4.79. The number of nitrogens with one attached hydrogen (secondary N) is 3. The highest BCUT2D eigenvalue weighted by molar-refractivity contribution is 5.55. The number of methoxy groups -OCH3 is 1.